The van der Waals surface area contributed by atoms with Crippen LogP contribution in [0.1, 0.15) is 6.42 Å². The Labute approximate surface area is 60.7 Å². The van der Waals surface area contributed by atoms with Crippen LogP contribution in [-0.2, 0) is 7.19 Å². The van der Waals surface area contributed by atoms with Gasteiger partial charge in [0, 0.05) is 13.1 Å². The summed E-state index contributed by atoms with van der Waals surface area (Å²) in [6.07, 6.45) is 1.02. The van der Waals surface area contributed by atoms with E-state index in [-0.39, 0.29) is 0 Å². The van der Waals surface area contributed by atoms with E-state index in [4.69, 9.17) is 0 Å². The molecule has 0 unspecified atom stereocenters. The third-order valence-corrected chi connectivity index (χ3v) is 3.78. The molecular formula is C3H6INO2S. The molecule has 0 aromatic carbocycles. The van der Waals surface area contributed by atoms with Gasteiger partial charge in [-0.25, -0.2) is 8.42 Å². The molecule has 1 rings (SSSR count). The van der Waals surface area contributed by atoms with Crippen molar-refractivity contribution in [1.29, 1.82) is 0 Å². The summed E-state index contributed by atoms with van der Waals surface area (Å²) in [7, 11) is -2.86. The van der Waals surface area contributed by atoms with E-state index in [0.29, 0.717) is 13.1 Å². The minimum absolute atomic E-state index is 0.714. The monoisotopic (exact) mass is 247 g/mol. The fourth-order valence-electron chi connectivity index (χ4n) is 0.505. The zero-order valence-corrected chi connectivity index (χ0v) is 7.15. The van der Waals surface area contributed by atoms with Crippen molar-refractivity contribution in [2.45, 2.75) is 6.42 Å². The molecule has 5 heteroatoms. The first kappa shape index (κ1) is 6.76. The van der Waals surface area contributed by atoms with Crippen LogP contribution < -0.4 is 0 Å². The molecule has 0 radical (unpaired) electrons. The molecule has 48 valence electrons. The van der Waals surface area contributed by atoms with Crippen LogP contribution in [-0.4, -0.2) is 25.8 Å². The van der Waals surface area contributed by atoms with E-state index in [1.165, 1.54) is 25.5 Å². The molecule has 1 aliphatic heterocycles. The summed E-state index contributed by atoms with van der Waals surface area (Å²) in [6, 6.07) is 0. The minimum atomic E-state index is -2.86. The lowest BCUT2D eigenvalue weighted by molar-refractivity contribution is 0.318. The van der Waals surface area contributed by atoms with E-state index in [1.54, 1.807) is 0 Å². The lowest BCUT2D eigenvalue weighted by Crippen LogP contribution is -2.38. The average molecular weight is 247 g/mol. The minimum Gasteiger partial charge on any atom is -0.201 e. The summed E-state index contributed by atoms with van der Waals surface area (Å²) in [6.45, 7) is 1.43. The van der Waals surface area contributed by atoms with Crippen molar-refractivity contribution < 1.29 is 8.42 Å². The third-order valence-electron chi connectivity index (χ3n) is 1.12. The van der Waals surface area contributed by atoms with Gasteiger partial charge >= 0.3 is 0 Å². The smallest absolute Gasteiger partial charge is 0.201 e. The predicted molar refractivity (Wildman–Crippen MR) is 39.1 cm³/mol. The number of halogens is 1. The quantitative estimate of drug-likeness (QED) is 0.496. The van der Waals surface area contributed by atoms with Crippen LogP contribution >= 0.6 is 21.2 Å². The summed E-state index contributed by atoms with van der Waals surface area (Å²) < 4.78 is 22.5. The van der Waals surface area contributed by atoms with Crippen molar-refractivity contribution in [3.8, 4) is 0 Å². The number of hydrogen-bond acceptors (Lipinski definition) is 2. The Morgan fingerprint density at radius 2 is 1.88 bits per heavy atom. The number of rotatable bonds is 1. The van der Waals surface area contributed by atoms with E-state index in [9.17, 15) is 8.42 Å². The van der Waals surface area contributed by atoms with Crippen molar-refractivity contribution >= 4 is 28.4 Å². The molecule has 0 atom stereocenters. The molecule has 1 saturated heterocycles. The highest BCUT2D eigenvalue weighted by Crippen LogP contribution is 2.16. The Morgan fingerprint density at radius 3 is 1.88 bits per heavy atom. The maximum absolute atomic E-state index is 10.5. The molecule has 0 amide bonds. The largest absolute Gasteiger partial charge is 0.267 e. The second-order valence-electron chi connectivity index (χ2n) is 1.69. The SMILES string of the molecule is O=S(=O)(I)N1CCC1. The second-order valence-corrected chi connectivity index (χ2v) is 6.37. The number of hydrogen-bond donors (Lipinski definition) is 0. The standard InChI is InChI=1S/C3H6INO2S/c4-8(6,7)5-2-1-3-5/h1-3H2. The highest BCUT2D eigenvalue weighted by molar-refractivity contribution is 14.2. The Bertz CT molecular complexity index is 172. The molecule has 0 bridgehead atoms. The van der Waals surface area contributed by atoms with Crippen LogP contribution in [0.25, 0.3) is 0 Å². The van der Waals surface area contributed by atoms with Crippen molar-refractivity contribution in [3.05, 3.63) is 0 Å². The second kappa shape index (κ2) is 2.11. The molecule has 3 nitrogen and oxygen atoms in total. The molecule has 0 spiro atoms. The van der Waals surface area contributed by atoms with Crippen molar-refractivity contribution in [1.82, 2.24) is 4.31 Å². The maximum Gasteiger partial charge on any atom is 0.267 e. The lowest BCUT2D eigenvalue weighted by atomic mass is 10.3. The molecule has 1 heterocycles. The normalized spacial score (nSPS) is 22.6. The molecule has 0 aromatic heterocycles. The summed E-state index contributed by atoms with van der Waals surface area (Å²) in [4.78, 5) is 0. The van der Waals surface area contributed by atoms with Gasteiger partial charge in [0.1, 0.15) is 0 Å². The van der Waals surface area contributed by atoms with E-state index in [1.807, 2.05) is 0 Å². The van der Waals surface area contributed by atoms with Crippen LogP contribution in [0, 0.1) is 0 Å². The van der Waals surface area contributed by atoms with Crippen LogP contribution in [0.2, 0.25) is 0 Å². The molecule has 0 saturated carbocycles. The topological polar surface area (TPSA) is 37.4 Å². The van der Waals surface area contributed by atoms with Gasteiger partial charge in [-0.3, -0.25) is 0 Å². The molecule has 0 aliphatic carbocycles. The third kappa shape index (κ3) is 1.32. The van der Waals surface area contributed by atoms with Gasteiger partial charge in [0.2, 0.25) is 0 Å². The van der Waals surface area contributed by atoms with Gasteiger partial charge in [0.05, 0.1) is 21.2 Å². The fourth-order valence-corrected chi connectivity index (χ4v) is 2.38. The molecular weight excluding hydrogens is 241 g/mol. The van der Waals surface area contributed by atoms with E-state index in [2.05, 4.69) is 0 Å². The van der Waals surface area contributed by atoms with Gasteiger partial charge < -0.3 is 0 Å². The van der Waals surface area contributed by atoms with Crippen LogP contribution in [0.3, 0.4) is 0 Å². The average Bonchev–Trinajstić information content (AvgIpc) is 1.16. The predicted octanol–water partition coefficient (Wildman–Crippen LogP) is 0.372. The van der Waals surface area contributed by atoms with Crippen LogP contribution in [0.4, 0.5) is 0 Å². The first-order valence-corrected chi connectivity index (χ1v) is 6.29. The first-order chi connectivity index (χ1) is 3.61. The van der Waals surface area contributed by atoms with Crippen molar-refractivity contribution in [3.63, 3.8) is 0 Å². The van der Waals surface area contributed by atoms with Crippen molar-refractivity contribution in [2.75, 3.05) is 13.1 Å². The van der Waals surface area contributed by atoms with Crippen molar-refractivity contribution in [2.24, 2.45) is 0 Å². The Kier molecular flexibility index (Phi) is 1.78. The maximum atomic E-state index is 10.5. The van der Waals surface area contributed by atoms with E-state index in [0.717, 1.165) is 6.42 Å². The molecule has 0 N–H and O–H groups in total. The summed E-state index contributed by atoms with van der Waals surface area (Å²) in [5, 5.41) is 0. The van der Waals surface area contributed by atoms with E-state index >= 15 is 0 Å². The van der Waals surface area contributed by atoms with Gasteiger partial charge in [-0.1, -0.05) is 0 Å². The number of nitrogens with zero attached hydrogens (tertiary/aromatic N) is 1. The van der Waals surface area contributed by atoms with Crippen LogP contribution in [0.15, 0.2) is 0 Å². The Hall–Kier alpha value is 0.640. The summed E-state index contributed by atoms with van der Waals surface area (Å²) in [5.41, 5.74) is 0. The Morgan fingerprint density at radius 1 is 1.38 bits per heavy atom. The van der Waals surface area contributed by atoms with Gasteiger partial charge in [0.25, 0.3) is 7.19 Å². The van der Waals surface area contributed by atoms with Gasteiger partial charge in [-0.2, -0.15) is 4.31 Å². The fraction of sp³-hybridized carbons (Fsp3) is 1.00. The lowest BCUT2D eigenvalue weighted by Gasteiger charge is -2.26. The van der Waals surface area contributed by atoms with E-state index < -0.39 is 7.19 Å². The van der Waals surface area contributed by atoms with Crippen LogP contribution in [0.5, 0.6) is 0 Å². The highest BCUT2D eigenvalue weighted by Gasteiger charge is 2.23. The molecule has 8 heavy (non-hydrogen) atoms. The molecule has 1 aliphatic rings. The zero-order chi connectivity index (χ0) is 6.20. The first-order valence-electron chi connectivity index (χ1n) is 2.30. The Balaban J connectivity index is 2.60. The highest BCUT2D eigenvalue weighted by atomic mass is 127. The molecule has 0 aromatic rings. The zero-order valence-electron chi connectivity index (χ0n) is 4.17. The van der Waals surface area contributed by atoms with Gasteiger partial charge in [-0.05, 0) is 6.42 Å². The molecule has 1 fully saturated rings. The van der Waals surface area contributed by atoms with Gasteiger partial charge in [0.15, 0.2) is 0 Å². The summed E-state index contributed by atoms with van der Waals surface area (Å²) >= 11 is 1.45. The van der Waals surface area contributed by atoms with Gasteiger partial charge in [-0.15, -0.1) is 0 Å². The summed E-state index contributed by atoms with van der Waals surface area (Å²) in [5.74, 6) is 0.